The fraction of sp³-hybridized carbons (Fsp3) is 0.333. The van der Waals surface area contributed by atoms with Crippen molar-refractivity contribution in [3.8, 4) is 0 Å². The Balaban J connectivity index is 2.16. The lowest BCUT2D eigenvalue weighted by Crippen LogP contribution is -2.17. The third-order valence-electron chi connectivity index (χ3n) is 3.62. The molecule has 0 saturated carbocycles. The van der Waals surface area contributed by atoms with E-state index in [1.807, 2.05) is 12.1 Å². The van der Waals surface area contributed by atoms with Crippen LogP contribution in [-0.2, 0) is 6.42 Å². The summed E-state index contributed by atoms with van der Waals surface area (Å²) in [5.74, 6) is 0.512. The van der Waals surface area contributed by atoms with Gasteiger partial charge in [-0.3, -0.25) is 0 Å². The molecule has 0 amide bonds. The van der Waals surface area contributed by atoms with Crippen molar-refractivity contribution in [3.05, 3.63) is 70.7 Å². The van der Waals surface area contributed by atoms with Gasteiger partial charge in [-0.2, -0.15) is 0 Å². The summed E-state index contributed by atoms with van der Waals surface area (Å²) < 4.78 is 0. The van der Waals surface area contributed by atoms with E-state index >= 15 is 0 Å². The van der Waals surface area contributed by atoms with E-state index in [9.17, 15) is 0 Å². The fourth-order valence-electron chi connectivity index (χ4n) is 2.46. The lowest BCUT2D eigenvalue weighted by atomic mass is 9.89. The van der Waals surface area contributed by atoms with Crippen LogP contribution >= 0.6 is 11.6 Å². The Hall–Kier alpha value is -1.31. The van der Waals surface area contributed by atoms with Crippen LogP contribution in [0.1, 0.15) is 23.5 Å². The summed E-state index contributed by atoms with van der Waals surface area (Å²) in [4.78, 5) is 2.24. The van der Waals surface area contributed by atoms with Gasteiger partial charge in [-0.05, 0) is 56.6 Å². The lowest BCUT2D eigenvalue weighted by molar-refractivity contribution is 0.380. The molecule has 0 N–H and O–H groups in total. The molecule has 1 atom stereocenters. The summed E-state index contributed by atoms with van der Waals surface area (Å²) in [5.41, 5.74) is 2.64. The Kier molecular flexibility index (Phi) is 5.63. The fourth-order valence-corrected chi connectivity index (χ4v) is 2.67. The van der Waals surface area contributed by atoms with Crippen LogP contribution in [0.5, 0.6) is 0 Å². The maximum Gasteiger partial charge on any atom is 0.0438 e. The summed E-state index contributed by atoms with van der Waals surface area (Å²) in [6, 6.07) is 18.9. The normalized spacial score (nSPS) is 12.6. The summed E-state index contributed by atoms with van der Waals surface area (Å²) in [5, 5.41) is 0.873. The molecular weight excluding hydrogens is 266 g/mol. The average Bonchev–Trinajstić information content (AvgIpc) is 2.46. The zero-order chi connectivity index (χ0) is 14.4. The molecule has 0 aromatic heterocycles. The standard InChI is InChI=1S/C18H22ClN/c1-20(2)13-12-16(15-8-4-3-5-9-15)14-17-10-6-7-11-18(17)19/h3-11,16H,12-14H2,1-2H3. The van der Waals surface area contributed by atoms with Gasteiger partial charge in [0, 0.05) is 5.02 Å². The highest BCUT2D eigenvalue weighted by Crippen LogP contribution is 2.27. The number of hydrogen-bond donors (Lipinski definition) is 0. The topological polar surface area (TPSA) is 3.24 Å². The maximum absolute atomic E-state index is 6.31. The van der Waals surface area contributed by atoms with Gasteiger partial charge >= 0.3 is 0 Å². The molecule has 1 unspecified atom stereocenters. The van der Waals surface area contributed by atoms with Gasteiger partial charge in [0.2, 0.25) is 0 Å². The van der Waals surface area contributed by atoms with Crippen molar-refractivity contribution >= 4 is 11.6 Å². The maximum atomic E-state index is 6.31. The second-order valence-electron chi connectivity index (χ2n) is 5.50. The monoisotopic (exact) mass is 287 g/mol. The molecular formula is C18H22ClN. The van der Waals surface area contributed by atoms with Crippen LogP contribution in [0.2, 0.25) is 5.02 Å². The van der Waals surface area contributed by atoms with Gasteiger partial charge in [0.05, 0.1) is 0 Å². The Morgan fingerprint density at radius 2 is 1.60 bits per heavy atom. The quantitative estimate of drug-likeness (QED) is 0.749. The second-order valence-corrected chi connectivity index (χ2v) is 5.90. The molecule has 0 radical (unpaired) electrons. The van der Waals surface area contributed by atoms with E-state index in [0.29, 0.717) is 5.92 Å². The van der Waals surface area contributed by atoms with Crippen LogP contribution < -0.4 is 0 Å². The first-order valence-electron chi connectivity index (χ1n) is 7.10. The number of halogens is 1. The third kappa shape index (κ3) is 4.36. The van der Waals surface area contributed by atoms with Gasteiger partial charge in [0.25, 0.3) is 0 Å². The molecule has 0 aliphatic rings. The summed E-state index contributed by atoms with van der Waals surface area (Å²) in [6.45, 7) is 1.09. The Labute approximate surface area is 127 Å². The van der Waals surface area contributed by atoms with E-state index in [1.165, 1.54) is 11.1 Å². The van der Waals surface area contributed by atoms with Crippen LogP contribution in [-0.4, -0.2) is 25.5 Å². The predicted octanol–water partition coefficient (Wildman–Crippen LogP) is 4.62. The number of hydrogen-bond acceptors (Lipinski definition) is 1. The van der Waals surface area contributed by atoms with Crippen molar-refractivity contribution < 1.29 is 0 Å². The minimum Gasteiger partial charge on any atom is -0.309 e. The van der Waals surface area contributed by atoms with Crippen molar-refractivity contribution in [2.45, 2.75) is 18.8 Å². The van der Waals surface area contributed by atoms with E-state index in [-0.39, 0.29) is 0 Å². The van der Waals surface area contributed by atoms with Crippen molar-refractivity contribution in [1.82, 2.24) is 4.90 Å². The molecule has 0 bridgehead atoms. The van der Waals surface area contributed by atoms with E-state index in [4.69, 9.17) is 11.6 Å². The molecule has 106 valence electrons. The van der Waals surface area contributed by atoms with Crippen molar-refractivity contribution in [2.75, 3.05) is 20.6 Å². The zero-order valence-electron chi connectivity index (χ0n) is 12.2. The molecule has 2 aromatic rings. The first kappa shape index (κ1) is 15.1. The zero-order valence-corrected chi connectivity index (χ0v) is 13.0. The first-order chi connectivity index (χ1) is 9.66. The predicted molar refractivity (Wildman–Crippen MR) is 87.5 cm³/mol. The Morgan fingerprint density at radius 3 is 2.25 bits per heavy atom. The number of benzene rings is 2. The van der Waals surface area contributed by atoms with Crippen molar-refractivity contribution in [2.24, 2.45) is 0 Å². The van der Waals surface area contributed by atoms with E-state index in [1.54, 1.807) is 0 Å². The van der Waals surface area contributed by atoms with Gasteiger partial charge < -0.3 is 4.90 Å². The molecule has 0 heterocycles. The molecule has 0 fully saturated rings. The molecule has 0 aliphatic carbocycles. The van der Waals surface area contributed by atoms with Gasteiger partial charge in [-0.15, -0.1) is 0 Å². The molecule has 1 nitrogen and oxygen atoms in total. The second kappa shape index (κ2) is 7.47. The minimum atomic E-state index is 0.512. The highest BCUT2D eigenvalue weighted by molar-refractivity contribution is 6.31. The number of nitrogens with zero attached hydrogens (tertiary/aromatic N) is 1. The molecule has 2 aromatic carbocycles. The lowest BCUT2D eigenvalue weighted by Gasteiger charge is -2.20. The van der Waals surface area contributed by atoms with Gasteiger partial charge in [0.1, 0.15) is 0 Å². The van der Waals surface area contributed by atoms with Crippen LogP contribution in [0.4, 0.5) is 0 Å². The van der Waals surface area contributed by atoms with Crippen LogP contribution in [0.25, 0.3) is 0 Å². The largest absolute Gasteiger partial charge is 0.309 e. The van der Waals surface area contributed by atoms with E-state index in [2.05, 4.69) is 61.5 Å². The van der Waals surface area contributed by atoms with Crippen LogP contribution in [0, 0.1) is 0 Å². The smallest absolute Gasteiger partial charge is 0.0438 e. The molecule has 20 heavy (non-hydrogen) atoms. The van der Waals surface area contributed by atoms with E-state index in [0.717, 1.165) is 24.4 Å². The van der Waals surface area contributed by atoms with Crippen LogP contribution in [0.3, 0.4) is 0 Å². The molecule has 0 aliphatic heterocycles. The molecule has 2 rings (SSSR count). The number of rotatable bonds is 6. The summed E-state index contributed by atoms with van der Waals surface area (Å²) in [7, 11) is 4.25. The minimum absolute atomic E-state index is 0.512. The first-order valence-corrected chi connectivity index (χ1v) is 7.47. The Bertz CT molecular complexity index is 522. The third-order valence-corrected chi connectivity index (χ3v) is 3.99. The SMILES string of the molecule is CN(C)CCC(Cc1ccccc1Cl)c1ccccc1. The van der Waals surface area contributed by atoms with E-state index < -0.39 is 0 Å². The average molecular weight is 288 g/mol. The summed E-state index contributed by atoms with van der Waals surface area (Å²) in [6.07, 6.45) is 2.14. The van der Waals surface area contributed by atoms with Gasteiger partial charge in [-0.25, -0.2) is 0 Å². The van der Waals surface area contributed by atoms with Crippen molar-refractivity contribution in [3.63, 3.8) is 0 Å². The highest BCUT2D eigenvalue weighted by atomic mass is 35.5. The highest BCUT2D eigenvalue weighted by Gasteiger charge is 2.14. The van der Waals surface area contributed by atoms with Crippen LogP contribution in [0.15, 0.2) is 54.6 Å². The summed E-state index contributed by atoms with van der Waals surface area (Å²) >= 11 is 6.31. The Morgan fingerprint density at radius 1 is 0.950 bits per heavy atom. The molecule has 0 saturated heterocycles. The van der Waals surface area contributed by atoms with Gasteiger partial charge in [0.15, 0.2) is 0 Å². The molecule has 2 heteroatoms. The molecule has 0 spiro atoms. The van der Waals surface area contributed by atoms with Crippen molar-refractivity contribution in [1.29, 1.82) is 0 Å². The van der Waals surface area contributed by atoms with Gasteiger partial charge in [-0.1, -0.05) is 60.1 Å².